The Morgan fingerprint density at radius 2 is 2.08 bits per heavy atom. The van der Waals surface area contributed by atoms with E-state index in [-0.39, 0.29) is 25.3 Å². The van der Waals surface area contributed by atoms with Crippen LogP contribution in [-0.2, 0) is 16.1 Å². The van der Waals surface area contributed by atoms with Crippen LogP contribution >= 0.6 is 0 Å². The van der Waals surface area contributed by atoms with Crippen LogP contribution in [0.2, 0.25) is 0 Å². The molecule has 2 N–H and O–H groups in total. The maximum absolute atomic E-state index is 13.0. The van der Waals surface area contributed by atoms with E-state index >= 15 is 0 Å². The number of hydrogen-bond acceptors (Lipinski definition) is 9. The molecular formula is C25H21F2N7O4. The molecule has 6 rings (SSSR count). The molecule has 0 radical (unpaired) electrons. The first-order chi connectivity index (χ1) is 18.4. The number of alkyl halides is 2. The molecule has 1 amide bonds. The molecule has 1 saturated carbocycles. The van der Waals surface area contributed by atoms with E-state index in [1.165, 1.54) is 17.0 Å². The van der Waals surface area contributed by atoms with E-state index in [0.29, 0.717) is 39.6 Å². The van der Waals surface area contributed by atoms with Crippen molar-refractivity contribution in [1.29, 1.82) is 0 Å². The zero-order valence-electron chi connectivity index (χ0n) is 20.0. The number of benzene rings is 1. The largest absolute Gasteiger partial charge is 0.443 e. The lowest BCUT2D eigenvalue weighted by Gasteiger charge is -2.35. The highest BCUT2D eigenvalue weighted by Crippen LogP contribution is 2.37. The molecule has 4 aromatic rings. The summed E-state index contributed by atoms with van der Waals surface area (Å²) in [6.45, 7) is 0.261. The highest BCUT2D eigenvalue weighted by molar-refractivity contribution is 5.97. The second kappa shape index (κ2) is 9.34. The Balaban J connectivity index is 1.23. The average Bonchev–Trinajstić information content (AvgIpc) is 3.53. The van der Waals surface area contributed by atoms with Gasteiger partial charge in [0.25, 0.3) is 11.8 Å². The molecule has 4 heterocycles. The molecule has 0 bridgehead atoms. The van der Waals surface area contributed by atoms with Gasteiger partial charge in [-0.2, -0.15) is 4.52 Å². The maximum Gasteiger partial charge on any atom is 0.252 e. The molecule has 13 heteroatoms. The number of aromatic nitrogens is 5. The smallest absolute Gasteiger partial charge is 0.252 e. The minimum Gasteiger partial charge on any atom is -0.443 e. The van der Waals surface area contributed by atoms with Gasteiger partial charge in [0, 0.05) is 49.0 Å². The topological polar surface area (TPSA) is 129 Å². The van der Waals surface area contributed by atoms with Gasteiger partial charge >= 0.3 is 0 Å². The molecule has 194 valence electrons. The monoisotopic (exact) mass is 521 g/mol. The van der Waals surface area contributed by atoms with Crippen molar-refractivity contribution < 1.29 is 27.6 Å². The van der Waals surface area contributed by atoms with Crippen LogP contribution < -0.4 is 15.4 Å². The van der Waals surface area contributed by atoms with Crippen LogP contribution in [0.3, 0.4) is 0 Å². The first-order valence-corrected chi connectivity index (χ1v) is 11.7. The molecule has 1 aliphatic carbocycles. The number of rotatable bonds is 7. The van der Waals surface area contributed by atoms with E-state index in [4.69, 9.17) is 14.0 Å². The Morgan fingerprint density at radius 3 is 2.82 bits per heavy atom. The lowest BCUT2D eigenvalue weighted by Crippen LogP contribution is -2.50. The van der Waals surface area contributed by atoms with Gasteiger partial charge in [-0.15, -0.1) is 15.3 Å². The van der Waals surface area contributed by atoms with E-state index < -0.39 is 17.9 Å². The molecule has 38 heavy (non-hydrogen) atoms. The molecule has 11 nitrogen and oxygen atoms in total. The van der Waals surface area contributed by atoms with Crippen molar-refractivity contribution in [2.45, 2.75) is 31.4 Å². The number of nitrogens with zero attached hydrogens (tertiary/aromatic N) is 5. The zero-order chi connectivity index (χ0) is 26.3. The van der Waals surface area contributed by atoms with Crippen LogP contribution in [0.4, 0.5) is 8.78 Å². The minimum atomic E-state index is -2.70. The van der Waals surface area contributed by atoms with Crippen LogP contribution in [0.5, 0.6) is 5.88 Å². The minimum absolute atomic E-state index is 0.261. The van der Waals surface area contributed by atoms with Crippen molar-refractivity contribution in [2.75, 3.05) is 7.11 Å². The van der Waals surface area contributed by atoms with Crippen molar-refractivity contribution in [3.63, 3.8) is 0 Å². The number of allylic oxidation sites excluding steroid dienone is 1. The number of methoxy groups -OCH3 is 1. The highest BCUT2D eigenvalue weighted by atomic mass is 19.3. The molecule has 3 aromatic heterocycles. The Bertz CT molecular complexity index is 1630. The fourth-order valence-corrected chi connectivity index (χ4v) is 4.23. The summed E-state index contributed by atoms with van der Waals surface area (Å²) in [4.78, 5) is 12.3. The number of dihydropyridines is 1. The third kappa shape index (κ3) is 4.47. The van der Waals surface area contributed by atoms with E-state index in [1.807, 2.05) is 24.3 Å². The molecule has 1 aliphatic heterocycles. The molecule has 0 spiro atoms. The lowest BCUT2D eigenvalue weighted by molar-refractivity contribution is -0.125. The third-order valence-electron chi connectivity index (χ3n) is 6.13. The van der Waals surface area contributed by atoms with Gasteiger partial charge in [0.15, 0.2) is 17.1 Å². The summed E-state index contributed by atoms with van der Waals surface area (Å²) in [7, 11) is 1.56. The molecule has 2 aliphatic rings. The molecule has 1 aromatic carbocycles. The second-order valence-corrected chi connectivity index (χ2v) is 8.92. The number of amides is 1. The first-order valence-electron chi connectivity index (χ1n) is 11.7. The Morgan fingerprint density at radius 1 is 1.26 bits per heavy atom. The number of nitrogens with one attached hydrogen (secondary N) is 2. The third-order valence-corrected chi connectivity index (χ3v) is 6.13. The summed E-state index contributed by atoms with van der Waals surface area (Å²) in [5.74, 6) is -1.93. The second-order valence-electron chi connectivity index (χ2n) is 8.92. The fraction of sp³-hybridized carbons (Fsp3) is 0.240. The van der Waals surface area contributed by atoms with E-state index in [0.717, 1.165) is 5.39 Å². The predicted molar refractivity (Wildman–Crippen MR) is 130 cm³/mol. The number of hydrogen-bond donors (Lipinski definition) is 2. The van der Waals surface area contributed by atoms with Crippen LogP contribution in [-0.4, -0.2) is 49.9 Å². The first kappa shape index (κ1) is 23.7. The summed E-state index contributed by atoms with van der Waals surface area (Å²) in [6.07, 6.45) is 5.47. The standard InChI is InChI=1S/C25H21F2N7O4/c1-36-13-17-8-20(33-38-17)22-31-30-21-18-4-2-3-5-19(18)24(32-34(21)22)37-12-15-7-6-14(11-28-15)23(35)29-16-9-25(26,27)10-16/h2-8,11-12,16,28H,9-10,13H2,1H3,(H,29,35). The van der Waals surface area contributed by atoms with Crippen molar-refractivity contribution in [2.24, 2.45) is 0 Å². The fourth-order valence-electron chi connectivity index (χ4n) is 4.23. The van der Waals surface area contributed by atoms with Gasteiger partial charge in [-0.25, -0.2) is 8.78 Å². The SMILES string of the molecule is COCc1cc(-c2nnc3c4ccccc4c(OC=C4C=CC(C(=O)NC5CC(F)(F)C5)=CN4)nn23)no1. The highest BCUT2D eigenvalue weighted by Gasteiger charge is 2.46. The summed E-state index contributed by atoms with van der Waals surface area (Å²) >= 11 is 0. The van der Waals surface area contributed by atoms with E-state index in [9.17, 15) is 13.6 Å². The van der Waals surface area contributed by atoms with Gasteiger partial charge in [0.1, 0.15) is 12.9 Å². The number of fused-ring (bicyclic) bond motifs is 3. The predicted octanol–water partition coefficient (Wildman–Crippen LogP) is 3.26. The van der Waals surface area contributed by atoms with Crippen molar-refractivity contribution in [3.8, 4) is 17.4 Å². The molecule has 0 atom stereocenters. The van der Waals surface area contributed by atoms with Crippen LogP contribution in [0.25, 0.3) is 27.9 Å². The number of halogens is 2. The van der Waals surface area contributed by atoms with E-state index in [1.54, 1.807) is 25.3 Å². The molecule has 0 unspecified atom stereocenters. The summed E-state index contributed by atoms with van der Waals surface area (Å²) < 4.78 is 43.9. The van der Waals surface area contributed by atoms with Gasteiger partial charge in [-0.05, 0) is 18.2 Å². The number of carbonyl (C=O) groups is 1. The Kier molecular flexibility index (Phi) is 5.83. The van der Waals surface area contributed by atoms with E-state index in [2.05, 4.69) is 31.1 Å². The van der Waals surface area contributed by atoms with Gasteiger partial charge < -0.3 is 24.6 Å². The van der Waals surface area contributed by atoms with Gasteiger partial charge in [0.05, 0.1) is 11.3 Å². The van der Waals surface area contributed by atoms with Gasteiger partial charge in [-0.1, -0.05) is 23.4 Å². The Labute approximate surface area is 213 Å². The lowest BCUT2D eigenvalue weighted by atomic mass is 9.88. The summed E-state index contributed by atoms with van der Waals surface area (Å²) in [5, 5.41) is 24.2. The van der Waals surface area contributed by atoms with Crippen molar-refractivity contribution >= 4 is 22.3 Å². The Hall–Kier alpha value is -4.65. The quantitative estimate of drug-likeness (QED) is 0.352. The summed E-state index contributed by atoms with van der Waals surface area (Å²) in [5.41, 5.74) is 1.82. The molecule has 0 saturated heterocycles. The van der Waals surface area contributed by atoms with Crippen LogP contribution in [0.1, 0.15) is 18.6 Å². The number of carbonyl (C=O) groups excluding carboxylic acids is 1. The van der Waals surface area contributed by atoms with Crippen molar-refractivity contribution in [1.82, 2.24) is 35.6 Å². The average molecular weight is 521 g/mol. The van der Waals surface area contributed by atoms with Crippen LogP contribution in [0.15, 0.2) is 70.7 Å². The van der Waals surface area contributed by atoms with Crippen molar-refractivity contribution in [3.05, 3.63) is 72.0 Å². The normalized spacial score (nSPS) is 17.9. The van der Waals surface area contributed by atoms with Gasteiger partial charge in [-0.3, -0.25) is 4.79 Å². The van der Waals surface area contributed by atoms with Gasteiger partial charge in [0.2, 0.25) is 11.7 Å². The number of ether oxygens (including phenoxy) is 2. The molecular weight excluding hydrogens is 500 g/mol. The summed E-state index contributed by atoms with van der Waals surface area (Å²) in [6, 6.07) is 8.65. The maximum atomic E-state index is 13.0. The molecule has 1 fully saturated rings. The zero-order valence-corrected chi connectivity index (χ0v) is 20.0. The van der Waals surface area contributed by atoms with Crippen LogP contribution in [0, 0.1) is 0 Å².